The van der Waals surface area contributed by atoms with Gasteiger partial charge in [0, 0.05) is 5.56 Å². The number of nitrogens with zero attached hydrogens (tertiary/aromatic N) is 6. The van der Waals surface area contributed by atoms with Crippen molar-refractivity contribution < 1.29 is 0 Å². The maximum atomic E-state index is 6.19. The van der Waals surface area contributed by atoms with Crippen molar-refractivity contribution in [2.45, 2.75) is 20.8 Å². The van der Waals surface area contributed by atoms with E-state index in [1.54, 1.807) is 9.20 Å². The van der Waals surface area contributed by atoms with Crippen LogP contribution in [-0.4, -0.2) is 29.4 Å². The van der Waals surface area contributed by atoms with Gasteiger partial charge in [0.1, 0.15) is 11.5 Å². The van der Waals surface area contributed by atoms with Crippen LogP contribution >= 0.6 is 23.2 Å². The van der Waals surface area contributed by atoms with Crippen LogP contribution in [0.4, 0.5) is 0 Å². The summed E-state index contributed by atoms with van der Waals surface area (Å²) in [6.07, 6.45) is 1.43. The Morgan fingerprint density at radius 1 is 1.16 bits per heavy atom. The van der Waals surface area contributed by atoms with E-state index in [4.69, 9.17) is 23.2 Å². The van der Waals surface area contributed by atoms with Crippen LogP contribution in [0, 0.1) is 20.8 Å². The summed E-state index contributed by atoms with van der Waals surface area (Å²) < 4.78 is 3.30. The zero-order valence-corrected chi connectivity index (χ0v) is 12.0. The fraction of sp³-hybridized carbons (Fsp3) is 0.273. The van der Waals surface area contributed by atoms with Gasteiger partial charge in [0.2, 0.25) is 0 Å². The van der Waals surface area contributed by atoms with Crippen LogP contribution in [0.3, 0.4) is 0 Å². The number of halogens is 2. The van der Waals surface area contributed by atoms with Gasteiger partial charge in [-0.1, -0.05) is 23.2 Å². The maximum Gasteiger partial charge on any atom is 0.255 e. The quantitative estimate of drug-likeness (QED) is 0.648. The fourth-order valence-electron chi connectivity index (χ4n) is 1.96. The SMILES string of the molecule is Cc1nn(-c2c(C)c(Cl)nc3ncnn23)c(C)c1Cl. The molecule has 0 spiro atoms. The lowest BCUT2D eigenvalue weighted by Crippen LogP contribution is -2.11. The molecule has 0 atom stereocenters. The Labute approximate surface area is 119 Å². The van der Waals surface area contributed by atoms with Crippen LogP contribution in [0.2, 0.25) is 10.2 Å². The molecular formula is C11H10Cl2N6. The van der Waals surface area contributed by atoms with Crippen LogP contribution in [0.15, 0.2) is 6.33 Å². The first kappa shape index (κ1) is 12.4. The average molecular weight is 297 g/mol. The molecule has 8 heteroatoms. The molecule has 0 amide bonds. The molecule has 3 rings (SSSR count). The second-order valence-electron chi connectivity index (χ2n) is 4.22. The molecule has 0 aromatic carbocycles. The summed E-state index contributed by atoms with van der Waals surface area (Å²) in [5, 5.41) is 9.58. The molecule has 3 aromatic heterocycles. The van der Waals surface area contributed by atoms with Gasteiger partial charge in [-0.15, -0.1) is 0 Å². The zero-order valence-electron chi connectivity index (χ0n) is 10.5. The highest BCUT2D eigenvalue weighted by Crippen LogP contribution is 2.26. The monoisotopic (exact) mass is 296 g/mol. The molecule has 0 aliphatic rings. The predicted octanol–water partition coefficient (Wildman–Crippen LogP) is 2.54. The molecule has 0 saturated heterocycles. The number of aryl methyl sites for hydroxylation is 1. The van der Waals surface area contributed by atoms with Crippen molar-refractivity contribution in [2.24, 2.45) is 0 Å². The van der Waals surface area contributed by atoms with Gasteiger partial charge in [0.15, 0.2) is 5.82 Å². The molecule has 0 unspecified atom stereocenters. The van der Waals surface area contributed by atoms with Gasteiger partial charge in [-0.25, -0.2) is 4.68 Å². The lowest BCUT2D eigenvalue weighted by atomic mass is 10.3. The zero-order chi connectivity index (χ0) is 13.7. The third-order valence-corrected chi connectivity index (χ3v) is 3.89. The topological polar surface area (TPSA) is 60.9 Å². The van der Waals surface area contributed by atoms with E-state index < -0.39 is 0 Å². The summed E-state index contributed by atoms with van der Waals surface area (Å²) >= 11 is 12.3. The molecule has 0 N–H and O–H groups in total. The van der Waals surface area contributed by atoms with Crippen LogP contribution in [-0.2, 0) is 0 Å². The summed E-state index contributed by atoms with van der Waals surface area (Å²) in [6.45, 7) is 5.59. The molecule has 19 heavy (non-hydrogen) atoms. The van der Waals surface area contributed by atoms with Crippen molar-refractivity contribution in [3.63, 3.8) is 0 Å². The first-order chi connectivity index (χ1) is 9.00. The Morgan fingerprint density at radius 3 is 2.53 bits per heavy atom. The Morgan fingerprint density at radius 2 is 1.89 bits per heavy atom. The molecule has 0 bridgehead atoms. The van der Waals surface area contributed by atoms with Crippen LogP contribution in [0.25, 0.3) is 11.6 Å². The van der Waals surface area contributed by atoms with Gasteiger partial charge >= 0.3 is 0 Å². The standard InChI is InChI=1S/C11H10Cl2N6/c1-5-9(13)16-11-14-4-15-19(11)10(5)18-7(3)8(12)6(2)17-18/h4H,1-3H3. The number of rotatable bonds is 1. The van der Waals surface area contributed by atoms with E-state index in [-0.39, 0.29) is 0 Å². The van der Waals surface area contributed by atoms with Crippen LogP contribution < -0.4 is 0 Å². The lowest BCUT2D eigenvalue weighted by Gasteiger charge is -2.10. The molecule has 98 valence electrons. The highest BCUT2D eigenvalue weighted by molar-refractivity contribution is 6.32. The Hall–Kier alpha value is -1.66. The Bertz CT molecular complexity index is 788. The molecule has 0 fully saturated rings. The number of hydrogen-bond donors (Lipinski definition) is 0. The maximum absolute atomic E-state index is 6.19. The minimum atomic E-state index is 0.374. The van der Waals surface area contributed by atoms with Crippen molar-refractivity contribution in [3.8, 4) is 5.82 Å². The van der Waals surface area contributed by atoms with Crippen LogP contribution in [0.5, 0.6) is 0 Å². The van der Waals surface area contributed by atoms with Gasteiger partial charge in [-0.3, -0.25) is 0 Å². The predicted molar refractivity (Wildman–Crippen MR) is 72.1 cm³/mol. The van der Waals surface area contributed by atoms with Gasteiger partial charge in [0.05, 0.1) is 16.4 Å². The summed E-state index contributed by atoms with van der Waals surface area (Å²) in [6, 6.07) is 0. The molecule has 0 radical (unpaired) electrons. The summed E-state index contributed by atoms with van der Waals surface area (Å²) in [7, 11) is 0. The van der Waals surface area contributed by atoms with Crippen molar-refractivity contribution in [2.75, 3.05) is 0 Å². The van der Waals surface area contributed by atoms with Crippen molar-refractivity contribution in [1.29, 1.82) is 0 Å². The summed E-state index contributed by atoms with van der Waals surface area (Å²) in [5.41, 5.74) is 2.34. The molecule has 3 heterocycles. The van der Waals surface area contributed by atoms with Gasteiger partial charge in [-0.2, -0.15) is 24.7 Å². The average Bonchev–Trinajstić information content (AvgIpc) is 2.92. The third-order valence-electron chi connectivity index (χ3n) is 2.98. The molecule has 6 nitrogen and oxygen atoms in total. The smallest absolute Gasteiger partial charge is 0.217 e. The minimum Gasteiger partial charge on any atom is -0.217 e. The molecule has 0 aliphatic carbocycles. The number of fused-ring (bicyclic) bond motifs is 1. The molecule has 0 saturated carbocycles. The lowest BCUT2D eigenvalue weighted by molar-refractivity contribution is 0.747. The summed E-state index contributed by atoms with van der Waals surface area (Å²) in [5.74, 6) is 1.12. The Kier molecular flexibility index (Phi) is 2.72. The second-order valence-corrected chi connectivity index (χ2v) is 4.96. The van der Waals surface area contributed by atoms with Crippen molar-refractivity contribution in [3.05, 3.63) is 33.5 Å². The fourth-order valence-corrected chi connectivity index (χ4v) is 2.24. The highest BCUT2D eigenvalue weighted by Gasteiger charge is 2.18. The van der Waals surface area contributed by atoms with Crippen LogP contribution in [0.1, 0.15) is 17.0 Å². The van der Waals surface area contributed by atoms with Gasteiger partial charge < -0.3 is 0 Å². The molecular weight excluding hydrogens is 287 g/mol. The third kappa shape index (κ3) is 1.71. The minimum absolute atomic E-state index is 0.374. The summed E-state index contributed by atoms with van der Waals surface area (Å²) in [4.78, 5) is 8.21. The Balaban J connectivity index is 2.44. The van der Waals surface area contributed by atoms with Crippen molar-refractivity contribution >= 4 is 29.0 Å². The normalized spacial score (nSPS) is 11.4. The van der Waals surface area contributed by atoms with E-state index in [1.807, 2.05) is 20.8 Å². The molecule has 3 aromatic rings. The number of aromatic nitrogens is 6. The van der Waals surface area contributed by atoms with Gasteiger partial charge in [-0.05, 0) is 20.8 Å². The van der Waals surface area contributed by atoms with E-state index in [1.165, 1.54) is 6.33 Å². The largest absolute Gasteiger partial charge is 0.255 e. The van der Waals surface area contributed by atoms with E-state index in [2.05, 4.69) is 20.2 Å². The number of hydrogen-bond acceptors (Lipinski definition) is 4. The van der Waals surface area contributed by atoms with E-state index in [0.717, 1.165) is 17.0 Å². The second kappa shape index (κ2) is 4.18. The van der Waals surface area contributed by atoms with E-state index in [9.17, 15) is 0 Å². The van der Waals surface area contributed by atoms with E-state index in [0.29, 0.717) is 21.8 Å². The first-order valence-corrected chi connectivity index (χ1v) is 6.34. The van der Waals surface area contributed by atoms with E-state index >= 15 is 0 Å². The molecule has 0 aliphatic heterocycles. The van der Waals surface area contributed by atoms with Gasteiger partial charge in [0.25, 0.3) is 5.78 Å². The van der Waals surface area contributed by atoms with Crippen molar-refractivity contribution in [1.82, 2.24) is 29.4 Å². The first-order valence-electron chi connectivity index (χ1n) is 5.58. The highest BCUT2D eigenvalue weighted by atomic mass is 35.5.